The fraction of sp³-hybridized carbons (Fsp3) is 0.385. The van der Waals surface area contributed by atoms with E-state index in [4.69, 9.17) is 9.63 Å². The minimum absolute atomic E-state index is 0.0221. The number of benzene rings is 1. The summed E-state index contributed by atoms with van der Waals surface area (Å²) in [5.74, 6) is 0.828. The maximum absolute atomic E-state index is 12.6. The average molecular weight is 318 g/mol. The number of thioether (sulfide) groups is 1. The molecular weight excluding hydrogens is 305 g/mol. The predicted molar refractivity (Wildman–Crippen MR) is 72.6 cm³/mol. The molecule has 0 aliphatic carbocycles. The number of hydrogen-bond donors (Lipinski definition) is 1. The highest BCUT2D eigenvalue weighted by molar-refractivity contribution is 7.99. The van der Waals surface area contributed by atoms with E-state index in [0.717, 1.165) is 12.1 Å². The van der Waals surface area contributed by atoms with E-state index in [9.17, 15) is 13.2 Å². The van der Waals surface area contributed by atoms with Crippen LogP contribution >= 0.6 is 11.8 Å². The minimum Gasteiger partial charge on any atom is -0.395 e. The van der Waals surface area contributed by atoms with Crippen LogP contribution in [0, 0.1) is 0 Å². The summed E-state index contributed by atoms with van der Waals surface area (Å²) in [6.45, 7) is 1.87. The predicted octanol–water partition coefficient (Wildman–Crippen LogP) is 3.37. The van der Waals surface area contributed by atoms with Gasteiger partial charge in [0.05, 0.1) is 17.9 Å². The number of aromatic nitrogens is 2. The minimum atomic E-state index is -4.41. The second kappa shape index (κ2) is 6.48. The monoisotopic (exact) mass is 318 g/mol. The van der Waals surface area contributed by atoms with Gasteiger partial charge in [0.25, 0.3) is 0 Å². The largest absolute Gasteiger partial charge is 0.416 e. The van der Waals surface area contributed by atoms with Gasteiger partial charge in [-0.1, -0.05) is 24.2 Å². The molecule has 0 unspecified atom stereocenters. The number of nitrogens with zero attached hydrogens (tertiary/aromatic N) is 2. The third-order valence-corrected chi connectivity index (χ3v) is 3.80. The Morgan fingerprint density at radius 3 is 2.81 bits per heavy atom. The quantitative estimate of drug-likeness (QED) is 0.916. The lowest BCUT2D eigenvalue weighted by molar-refractivity contribution is -0.137. The fourth-order valence-electron chi connectivity index (χ4n) is 1.53. The summed E-state index contributed by atoms with van der Waals surface area (Å²) in [6, 6.07) is 4.77. The van der Waals surface area contributed by atoms with Crippen LogP contribution in [0.3, 0.4) is 0 Å². The van der Waals surface area contributed by atoms with E-state index in [0.29, 0.717) is 11.6 Å². The highest BCUT2D eigenvalue weighted by Crippen LogP contribution is 2.31. The molecule has 1 aromatic carbocycles. The van der Waals surface area contributed by atoms with Gasteiger partial charge in [0, 0.05) is 10.8 Å². The van der Waals surface area contributed by atoms with Gasteiger partial charge in [-0.15, -0.1) is 11.8 Å². The molecule has 0 amide bonds. The topological polar surface area (TPSA) is 59.2 Å². The van der Waals surface area contributed by atoms with Crippen LogP contribution in [0.1, 0.15) is 18.4 Å². The number of aliphatic hydroxyl groups excluding tert-OH is 1. The summed E-state index contributed by atoms with van der Waals surface area (Å²) in [4.78, 5) is 4.06. The van der Waals surface area contributed by atoms with Crippen LogP contribution in [0.25, 0.3) is 11.4 Å². The number of aliphatic hydroxyl groups is 1. The summed E-state index contributed by atoms with van der Waals surface area (Å²) in [6.07, 6.45) is -4.41. The van der Waals surface area contributed by atoms with Gasteiger partial charge >= 0.3 is 6.18 Å². The van der Waals surface area contributed by atoms with Crippen molar-refractivity contribution >= 4 is 11.8 Å². The van der Waals surface area contributed by atoms with Crippen molar-refractivity contribution in [2.24, 2.45) is 0 Å². The first kappa shape index (κ1) is 15.8. The van der Waals surface area contributed by atoms with Crippen molar-refractivity contribution < 1.29 is 22.8 Å². The molecule has 114 valence electrons. The Morgan fingerprint density at radius 1 is 1.38 bits per heavy atom. The fourth-order valence-corrected chi connectivity index (χ4v) is 2.18. The molecule has 2 rings (SSSR count). The zero-order chi connectivity index (χ0) is 15.5. The summed E-state index contributed by atoms with van der Waals surface area (Å²) in [5.41, 5.74) is -0.505. The Bertz CT molecular complexity index is 601. The Hall–Kier alpha value is -1.54. The highest BCUT2D eigenvalue weighted by atomic mass is 32.2. The van der Waals surface area contributed by atoms with Crippen molar-refractivity contribution in [3.05, 3.63) is 35.7 Å². The second-order valence-electron chi connectivity index (χ2n) is 4.39. The van der Waals surface area contributed by atoms with Gasteiger partial charge in [0.15, 0.2) is 0 Å². The molecular formula is C13H13F3N2O2S. The van der Waals surface area contributed by atoms with Gasteiger partial charge in [0.2, 0.25) is 11.7 Å². The van der Waals surface area contributed by atoms with Crippen LogP contribution < -0.4 is 0 Å². The van der Waals surface area contributed by atoms with Crippen LogP contribution in [0.5, 0.6) is 0 Å². The van der Waals surface area contributed by atoms with Crippen molar-refractivity contribution in [2.75, 3.05) is 6.61 Å². The number of halogens is 3. The Kier molecular flexibility index (Phi) is 4.89. The van der Waals surface area contributed by atoms with Gasteiger partial charge in [-0.2, -0.15) is 18.2 Å². The first-order valence-corrected chi connectivity index (χ1v) is 7.17. The van der Waals surface area contributed by atoms with Crippen LogP contribution in [0.2, 0.25) is 0 Å². The zero-order valence-corrected chi connectivity index (χ0v) is 11.9. The van der Waals surface area contributed by atoms with E-state index >= 15 is 0 Å². The standard InChI is InChI=1S/C13H13F3N2O2S/c1-8(6-19)21-7-11-17-12(18-20-11)9-3-2-4-10(5-9)13(14,15)16/h2-5,8,19H,6-7H2,1H3/t8-/m1/s1. The molecule has 0 aliphatic rings. The molecule has 1 N–H and O–H groups in total. The number of hydrogen-bond acceptors (Lipinski definition) is 5. The summed E-state index contributed by atoms with van der Waals surface area (Å²) in [7, 11) is 0. The lowest BCUT2D eigenvalue weighted by atomic mass is 10.1. The molecule has 21 heavy (non-hydrogen) atoms. The molecule has 0 aliphatic heterocycles. The molecule has 0 bridgehead atoms. The van der Waals surface area contributed by atoms with Crippen LogP contribution in [0.15, 0.2) is 28.8 Å². The van der Waals surface area contributed by atoms with Gasteiger partial charge in [-0.05, 0) is 12.1 Å². The van der Waals surface area contributed by atoms with E-state index in [1.165, 1.54) is 23.9 Å². The van der Waals surface area contributed by atoms with Crippen LogP contribution in [-0.2, 0) is 11.9 Å². The smallest absolute Gasteiger partial charge is 0.395 e. The Balaban J connectivity index is 2.14. The first-order chi connectivity index (χ1) is 9.90. The van der Waals surface area contributed by atoms with Gasteiger partial charge in [-0.3, -0.25) is 0 Å². The van der Waals surface area contributed by atoms with E-state index in [1.54, 1.807) is 0 Å². The second-order valence-corrected chi connectivity index (χ2v) is 5.82. The third kappa shape index (κ3) is 4.21. The van der Waals surface area contributed by atoms with Crippen molar-refractivity contribution in [3.63, 3.8) is 0 Å². The van der Waals surface area contributed by atoms with E-state index in [-0.39, 0.29) is 23.2 Å². The number of alkyl halides is 3. The lowest BCUT2D eigenvalue weighted by Crippen LogP contribution is -2.04. The molecule has 1 aromatic heterocycles. The Morgan fingerprint density at radius 2 is 2.14 bits per heavy atom. The molecule has 0 saturated carbocycles. The molecule has 0 spiro atoms. The molecule has 8 heteroatoms. The van der Waals surface area contributed by atoms with E-state index in [2.05, 4.69) is 10.1 Å². The normalized spacial score (nSPS) is 13.4. The van der Waals surface area contributed by atoms with Gasteiger partial charge < -0.3 is 9.63 Å². The summed E-state index contributed by atoms with van der Waals surface area (Å²) in [5, 5.41) is 12.6. The van der Waals surface area contributed by atoms with Gasteiger partial charge in [0.1, 0.15) is 0 Å². The third-order valence-electron chi connectivity index (χ3n) is 2.66. The van der Waals surface area contributed by atoms with Crippen molar-refractivity contribution in [1.29, 1.82) is 0 Å². The summed E-state index contributed by atoms with van der Waals surface area (Å²) < 4.78 is 42.9. The maximum atomic E-state index is 12.6. The van der Waals surface area contributed by atoms with Crippen LogP contribution in [0.4, 0.5) is 13.2 Å². The van der Waals surface area contributed by atoms with E-state index in [1.807, 2.05) is 6.92 Å². The average Bonchev–Trinajstić information content (AvgIpc) is 2.93. The molecule has 2 aromatic rings. The van der Waals surface area contributed by atoms with Crippen LogP contribution in [-0.4, -0.2) is 27.1 Å². The highest BCUT2D eigenvalue weighted by Gasteiger charge is 2.30. The molecule has 0 saturated heterocycles. The first-order valence-electron chi connectivity index (χ1n) is 6.13. The molecule has 0 fully saturated rings. The molecule has 1 atom stereocenters. The zero-order valence-electron chi connectivity index (χ0n) is 11.1. The molecule has 4 nitrogen and oxygen atoms in total. The SMILES string of the molecule is C[C@H](CO)SCc1nc(-c2cccc(C(F)(F)F)c2)no1. The number of rotatable bonds is 5. The maximum Gasteiger partial charge on any atom is 0.416 e. The lowest BCUT2D eigenvalue weighted by Gasteiger charge is -2.06. The Labute approximate surface area is 123 Å². The molecule has 1 heterocycles. The van der Waals surface area contributed by atoms with Crippen molar-refractivity contribution in [1.82, 2.24) is 10.1 Å². The van der Waals surface area contributed by atoms with Crippen molar-refractivity contribution in [3.8, 4) is 11.4 Å². The van der Waals surface area contributed by atoms with E-state index < -0.39 is 11.7 Å². The van der Waals surface area contributed by atoms with Gasteiger partial charge in [-0.25, -0.2) is 0 Å². The molecule has 0 radical (unpaired) electrons. The van der Waals surface area contributed by atoms with Crippen molar-refractivity contribution in [2.45, 2.75) is 24.1 Å². The summed E-state index contributed by atoms with van der Waals surface area (Å²) >= 11 is 1.42.